The fourth-order valence-corrected chi connectivity index (χ4v) is 2.39. The van der Waals surface area contributed by atoms with E-state index in [0.717, 1.165) is 12.8 Å². The predicted molar refractivity (Wildman–Crippen MR) is 83.6 cm³/mol. The van der Waals surface area contributed by atoms with Crippen LogP contribution in [-0.2, 0) is 6.54 Å². The summed E-state index contributed by atoms with van der Waals surface area (Å²) in [6, 6.07) is 4.85. The molecule has 0 aliphatic heterocycles. The number of alkyl halides is 2. The lowest BCUT2D eigenvalue weighted by atomic mass is 10.2. The van der Waals surface area contributed by atoms with Crippen LogP contribution in [0, 0.1) is 0 Å². The van der Waals surface area contributed by atoms with E-state index in [4.69, 9.17) is 11.6 Å². The number of nitrogens with zero attached hydrogens (tertiary/aromatic N) is 1. The molecule has 1 aromatic carbocycles. The second-order valence-electron chi connectivity index (χ2n) is 4.84. The van der Waals surface area contributed by atoms with Crippen molar-refractivity contribution in [1.82, 2.24) is 10.6 Å². The Kier molecular flexibility index (Phi) is 6.00. The third-order valence-electron chi connectivity index (χ3n) is 3.26. The molecular weight excluding hydrogens is 312 g/mol. The van der Waals surface area contributed by atoms with Gasteiger partial charge in [0.2, 0.25) is 0 Å². The second kappa shape index (κ2) is 7.98. The second-order valence-corrected chi connectivity index (χ2v) is 5.28. The van der Waals surface area contributed by atoms with E-state index in [1.54, 1.807) is 13.1 Å². The highest BCUT2D eigenvalue weighted by molar-refractivity contribution is 6.30. The minimum atomic E-state index is -2.87. The number of hydrogen-bond donors (Lipinski definition) is 2. The number of rotatable bonds is 5. The predicted octanol–water partition coefficient (Wildman–Crippen LogP) is 3.33. The molecule has 0 bridgehead atoms. The van der Waals surface area contributed by atoms with Gasteiger partial charge in [0.15, 0.2) is 5.96 Å². The van der Waals surface area contributed by atoms with Gasteiger partial charge >= 0.3 is 6.61 Å². The summed E-state index contributed by atoms with van der Waals surface area (Å²) in [4.78, 5) is 4.12. The van der Waals surface area contributed by atoms with Crippen LogP contribution in [0.15, 0.2) is 35.3 Å². The summed E-state index contributed by atoms with van der Waals surface area (Å²) in [6.07, 6.45) is 6.10. The van der Waals surface area contributed by atoms with Gasteiger partial charge in [0.05, 0.1) is 0 Å². The maximum atomic E-state index is 12.4. The Morgan fingerprint density at radius 2 is 2.14 bits per heavy atom. The minimum Gasteiger partial charge on any atom is -0.434 e. The first-order chi connectivity index (χ1) is 10.6. The molecule has 0 saturated carbocycles. The molecule has 120 valence electrons. The fourth-order valence-electron chi connectivity index (χ4n) is 2.20. The molecule has 1 aromatic rings. The van der Waals surface area contributed by atoms with Gasteiger partial charge in [-0.15, -0.1) is 0 Å². The Balaban J connectivity index is 1.98. The molecule has 7 heteroatoms. The highest BCUT2D eigenvalue weighted by Gasteiger charge is 2.13. The van der Waals surface area contributed by atoms with E-state index in [9.17, 15) is 8.78 Å². The maximum absolute atomic E-state index is 12.4. The highest BCUT2D eigenvalue weighted by Crippen LogP contribution is 2.24. The van der Waals surface area contributed by atoms with Gasteiger partial charge in [-0.05, 0) is 31.0 Å². The lowest BCUT2D eigenvalue weighted by Gasteiger charge is -2.18. The van der Waals surface area contributed by atoms with Gasteiger partial charge in [-0.2, -0.15) is 8.78 Å². The zero-order valence-electron chi connectivity index (χ0n) is 12.2. The van der Waals surface area contributed by atoms with Gasteiger partial charge in [0.1, 0.15) is 5.75 Å². The monoisotopic (exact) mass is 329 g/mol. The molecule has 2 rings (SSSR count). The topological polar surface area (TPSA) is 45.7 Å². The summed E-state index contributed by atoms with van der Waals surface area (Å²) in [5, 5.41) is 6.81. The standard InChI is InChI=1S/C15H18ClF2N3O/c1-19-15(21-12-4-2-3-5-12)20-9-10-8-11(16)6-7-13(10)22-14(17)18/h2-3,6-8,12,14H,4-5,9H2,1H3,(H2,19,20,21). The molecule has 1 aliphatic rings. The number of benzene rings is 1. The fraction of sp³-hybridized carbons (Fsp3) is 0.400. The molecule has 0 radical (unpaired) electrons. The van der Waals surface area contributed by atoms with Crippen molar-refractivity contribution in [3.63, 3.8) is 0 Å². The smallest absolute Gasteiger partial charge is 0.387 e. The Morgan fingerprint density at radius 3 is 2.77 bits per heavy atom. The van der Waals surface area contributed by atoms with E-state index >= 15 is 0 Å². The Bertz CT molecular complexity index is 556. The first-order valence-corrected chi connectivity index (χ1v) is 7.31. The molecule has 0 unspecified atom stereocenters. The van der Waals surface area contributed by atoms with Crippen molar-refractivity contribution in [3.8, 4) is 5.75 Å². The quantitative estimate of drug-likeness (QED) is 0.495. The third-order valence-corrected chi connectivity index (χ3v) is 3.49. The molecule has 0 atom stereocenters. The van der Waals surface area contributed by atoms with Gasteiger partial charge in [-0.1, -0.05) is 23.8 Å². The lowest BCUT2D eigenvalue weighted by molar-refractivity contribution is -0.0504. The summed E-state index contributed by atoms with van der Waals surface area (Å²) in [5.41, 5.74) is 0.542. The number of hydrogen-bond acceptors (Lipinski definition) is 2. The van der Waals surface area contributed by atoms with Crippen molar-refractivity contribution < 1.29 is 13.5 Å². The van der Waals surface area contributed by atoms with E-state index in [2.05, 4.69) is 32.5 Å². The van der Waals surface area contributed by atoms with Crippen molar-refractivity contribution in [3.05, 3.63) is 40.9 Å². The summed E-state index contributed by atoms with van der Waals surface area (Å²) in [6.45, 7) is -2.59. The van der Waals surface area contributed by atoms with Crippen LogP contribution in [0.4, 0.5) is 8.78 Å². The molecule has 0 heterocycles. The summed E-state index contributed by atoms with van der Waals surface area (Å²) < 4.78 is 29.3. The van der Waals surface area contributed by atoms with E-state index in [0.29, 0.717) is 22.6 Å². The molecule has 0 spiro atoms. The number of aliphatic imine (C=N–C) groups is 1. The van der Waals surface area contributed by atoms with Crippen LogP contribution in [-0.4, -0.2) is 25.7 Å². The Morgan fingerprint density at radius 1 is 1.41 bits per heavy atom. The van der Waals surface area contributed by atoms with Gasteiger partial charge < -0.3 is 15.4 Å². The number of halogens is 3. The van der Waals surface area contributed by atoms with Crippen molar-refractivity contribution in [2.75, 3.05) is 7.05 Å². The highest BCUT2D eigenvalue weighted by atomic mass is 35.5. The van der Waals surface area contributed by atoms with Crippen molar-refractivity contribution in [1.29, 1.82) is 0 Å². The van der Waals surface area contributed by atoms with Crippen LogP contribution in [0.25, 0.3) is 0 Å². The van der Waals surface area contributed by atoms with E-state index in [-0.39, 0.29) is 12.3 Å². The van der Waals surface area contributed by atoms with E-state index < -0.39 is 6.61 Å². The van der Waals surface area contributed by atoms with Gasteiger partial charge in [-0.25, -0.2) is 0 Å². The lowest BCUT2D eigenvalue weighted by Crippen LogP contribution is -2.42. The molecular formula is C15H18ClF2N3O. The first-order valence-electron chi connectivity index (χ1n) is 6.94. The van der Waals surface area contributed by atoms with Crippen LogP contribution in [0.5, 0.6) is 5.75 Å². The largest absolute Gasteiger partial charge is 0.434 e. The molecule has 0 fully saturated rings. The third kappa shape index (κ3) is 4.87. The number of guanidine groups is 1. The van der Waals surface area contributed by atoms with Crippen LogP contribution >= 0.6 is 11.6 Å². The SMILES string of the molecule is CN=C(NCc1cc(Cl)ccc1OC(F)F)NC1CC=CC1. The summed E-state index contributed by atoms with van der Waals surface area (Å²) in [5.74, 6) is 0.710. The Labute approximate surface area is 133 Å². The van der Waals surface area contributed by atoms with E-state index in [1.165, 1.54) is 12.1 Å². The molecule has 0 saturated heterocycles. The number of ether oxygens (including phenoxy) is 1. The van der Waals surface area contributed by atoms with Crippen molar-refractivity contribution >= 4 is 17.6 Å². The van der Waals surface area contributed by atoms with Crippen LogP contribution in [0.3, 0.4) is 0 Å². The van der Waals surface area contributed by atoms with Crippen LogP contribution in [0.1, 0.15) is 18.4 Å². The Hall–Kier alpha value is -1.82. The van der Waals surface area contributed by atoms with Crippen molar-refractivity contribution in [2.24, 2.45) is 4.99 Å². The maximum Gasteiger partial charge on any atom is 0.387 e. The van der Waals surface area contributed by atoms with Crippen LogP contribution < -0.4 is 15.4 Å². The average molecular weight is 330 g/mol. The average Bonchev–Trinajstić information content (AvgIpc) is 2.98. The number of nitrogens with one attached hydrogen (secondary N) is 2. The van der Waals surface area contributed by atoms with Crippen molar-refractivity contribution in [2.45, 2.75) is 32.0 Å². The molecule has 0 amide bonds. The first kappa shape index (κ1) is 16.5. The molecule has 0 aromatic heterocycles. The zero-order chi connectivity index (χ0) is 15.9. The van der Waals surface area contributed by atoms with Gasteiger partial charge in [0, 0.05) is 30.2 Å². The zero-order valence-corrected chi connectivity index (χ0v) is 12.9. The molecule has 4 nitrogen and oxygen atoms in total. The minimum absolute atomic E-state index is 0.102. The normalized spacial score (nSPS) is 15.4. The summed E-state index contributed by atoms with van der Waals surface area (Å²) in [7, 11) is 1.66. The summed E-state index contributed by atoms with van der Waals surface area (Å²) >= 11 is 5.92. The molecule has 1 aliphatic carbocycles. The molecule has 22 heavy (non-hydrogen) atoms. The van der Waals surface area contributed by atoms with Gasteiger partial charge in [-0.3, -0.25) is 4.99 Å². The van der Waals surface area contributed by atoms with Gasteiger partial charge in [0.25, 0.3) is 0 Å². The van der Waals surface area contributed by atoms with Crippen LogP contribution in [0.2, 0.25) is 5.02 Å². The van der Waals surface area contributed by atoms with E-state index in [1.807, 2.05) is 0 Å². The molecule has 2 N–H and O–H groups in total.